The van der Waals surface area contributed by atoms with Gasteiger partial charge in [-0.25, -0.2) is 8.42 Å². The number of hydrogen-bond acceptors (Lipinski definition) is 3. The van der Waals surface area contributed by atoms with E-state index in [1.165, 1.54) is 0 Å². The second-order valence-electron chi connectivity index (χ2n) is 5.84. The van der Waals surface area contributed by atoms with Crippen LogP contribution in [-0.2, 0) is 14.8 Å². The van der Waals surface area contributed by atoms with E-state index in [9.17, 15) is 13.2 Å². The van der Waals surface area contributed by atoms with Gasteiger partial charge in [-0.05, 0) is 23.6 Å². The minimum absolute atomic E-state index is 0.122. The van der Waals surface area contributed by atoms with Crippen LogP contribution in [-0.4, -0.2) is 33.7 Å². The van der Waals surface area contributed by atoms with Crippen molar-refractivity contribution in [2.75, 3.05) is 23.7 Å². The predicted octanol–water partition coefficient (Wildman–Crippen LogP) is 3.03. The van der Waals surface area contributed by atoms with Crippen LogP contribution in [0.4, 0.5) is 5.69 Å². The standard InChI is InChI=1S/C18H21ClN2O3S/c1-14(15-8-4-3-5-9-15)12-20-18(22)13-21(25(2,23)24)17-11-7-6-10-16(17)19/h3-11,14H,12-13H2,1-2H3,(H,20,22)/t14-/m0/s1. The van der Waals surface area contributed by atoms with Gasteiger partial charge in [0.1, 0.15) is 6.54 Å². The summed E-state index contributed by atoms with van der Waals surface area (Å²) >= 11 is 6.08. The maximum Gasteiger partial charge on any atom is 0.240 e. The second-order valence-corrected chi connectivity index (χ2v) is 8.15. The summed E-state index contributed by atoms with van der Waals surface area (Å²) in [6.45, 7) is 2.10. The van der Waals surface area contributed by atoms with E-state index in [1.807, 2.05) is 37.3 Å². The number of rotatable bonds is 7. The van der Waals surface area contributed by atoms with Crippen LogP contribution in [0.25, 0.3) is 0 Å². The van der Waals surface area contributed by atoms with Crippen LogP contribution in [0.2, 0.25) is 5.02 Å². The molecule has 2 aromatic rings. The van der Waals surface area contributed by atoms with Crippen molar-refractivity contribution in [3.05, 3.63) is 65.2 Å². The molecule has 1 amide bonds. The van der Waals surface area contributed by atoms with E-state index in [1.54, 1.807) is 24.3 Å². The average molecular weight is 381 g/mol. The number of carbonyl (C=O) groups is 1. The number of sulfonamides is 1. The maximum atomic E-state index is 12.3. The monoisotopic (exact) mass is 380 g/mol. The van der Waals surface area contributed by atoms with Crippen molar-refractivity contribution < 1.29 is 13.2 Å². The number of nitrogens with zero attached hydrogens (tertiary/aromatic N) is 1. The Labute approximate surface area is 153 Å². The van der Waals surface area contributed by atoms with Crippen molar-refractivity contribution in [1.82, 2.24) is 5.32 Å². The number of benzene rings is 2. The van der Waals surface area contributed by atoms with Crippen LogP contribution in [0.1, 0.15) is 18.4 Å². The summed E-state index contributed by atoms with van der Waals surface area (Å²) in [5, 5.41) is 3.06. The number of amides is 1. The van der Waals surface area contributed by atoms with E-state index in [4.69, 9.17) is 11.6 Å². The van der Waals surface area contributed by atoms with Crippen molar-refractivity contribution in [3.63, 3.8) is 0 Å². The summed E-state index contributed by atoms with van der Waals surface area (Å²) in [4.78, 5) is 12.3. The molecule has 0 aliphatic rings. The molecule has 7 heteroatoms. The molecule has 1 atom stereocenters. The van der Waals surface area contributed by atoms with Crippen LogP contribution >= 0.6 is 11.6 Å². The molecule has 0 aromatic heterocycles. The lowest BCUT2D eigenvalue weighted by Crippen LogP contribution is -2.41. The summed E-state index contributed by atoms with van der Waals surface area (Å²) < 4.78 is 25.1. The van der Waals surface area contributed by atoms with Gasteiger partial charge in [0.15, 0.2) is 0 Å². The van der Waals surface area contributed by atoms with Crippen LogP contribution in [0.3, 0.4) is 0 Å². The molecule has 134 valence electrons. The van der Waals surface area contributed by atoms with Crippen molar-refractivity contribution in [2.24, 2.45) is 0 Å². The normalized spacial score (nSPS) is 12.4. The molecule has 0 heterocycles. The lowest BCUT2D eigenvalue weighted by molar-refractivity contribution is -0.119. The molecule has 25 heavy (non-hydrogen) atoms. The Balaban J connectivity index is 2.05. The van der Waals surface area contributed by atoms with E-state index < -0.39 is 10.0 Å². The van der Waals surface area contributed by atoms with Gasteiger partial charge in [-0.2, -0.15) is 0 Å². The first-order valence-corrected chi connectivity index (χ1v) is 10.1. The highest BCUT2D eigenvalue weighted by Gasteiger charge is 2.22. The number of halogens is 1. The smallest absolute Gasteiger partial charge is 0.240 e. The zero-order valence-electron chi connectivity index (χ0n) is 14.1. The summed E-state index contributed by atoms with van der Waals surface area (Å²) in [6, 6.07) is 16.3. The van der Waals surface area contributed by atoms with E-state index in [-0.39, 0.29) is 29.1 Å². The van der Waals surface area contributed by atoms with Gasteiger partial charge in [-0.1, -0.05) is 61.0 Å². The van der Waals surface area contributed by atoms with Crippen LogP contribution in [0, 0.1) is 0 Å². The van der Waals surface area contributed by atoms with Gasteiger partial charge in [-0.3, -0.25) is 9.10 Å². The van der Waals surface area contributed by atoms with Crippen LogP contribution < -0.4 is 9.62 Å². The second kappa shape index (κ2) is 8.36. The third-order valence-corrected chi connectivity index (χ3v) is 5.23. The molecule has 2 rings (SSSR count). The molecule has 0 saturated heterocycles. The topological polar surface area (TPSA) is 66.5 Å². The Morgan fingerprint density at radius 1 is 1.12 bits per heavy atom. The number of anilines is 1. The van der Waals surface area contributed by atoms with Crippen molar-refractivity contribution in [2.45, 2.75) is 12.8 Å². The quantitative estimate of drug-likeness (QED) is 0.802. The van der Waals surface area contributed by atoms with Crippen molar-refractivity contribution in [1.29, 1.82) is 0 Å². The van der Waals surface area contributed by atoms with E-state index in [0.717, 1.165) is 16.1 Å². The molecular formula is C18H21ClN2O3S. The Morgan fingerprint density at radius 2 is 1.72 bits per heavy atom. The number of hydrogen-bond donors (Lipinski definition) is 1. The Morgan fingerprint density at radius 3 is 2.32 bits per heavy atom. The lowest BCUT2D eigenvalue weighted by Gasteiger charge is -2.23. The fraction of sp³-hybridized carbons (Fsp3) is 0.278. The molecule has 2 aromatic carbocycles. The molecule has 1 N–H and O–H groups in total. The molecule has 0 aliphatic carbocycles. The van der Waals surface area contributed by atoms with Gasteiger partial charge in [0, 0.05) is 6.54 Å². The van der Waals surface area contributed by atoms with Gasteiger partial charge in [0.25, 0.3) is 0 Å². The minimum atomic E-state index is -3.64. The molecular weight excluding hydrogens is 360 g/mol. The van der Waals surface area contributed by atoms with Crippen LogP contribution in [0.5, 0.6) is 0 Å². The molecule has 0 fully saturated rings. The molecule has 0 radical (unpaired) electrons. The van der Waals surface area contributed by atoms with Gasteiger partial charge in [-0.15, -0.1) is 0 Å². The first-order chi connectivity index (χ1) is 11.8. The van der Waals surface area contributed by atoms with Crippen molar-refractivity contribution in [3.8, 4) is 0 Å². The first kappa shape index (κ1) is 19.3. The third-order valence-electron chi connectivity index (χ3n) is 3.78. The Bertz CT molecular complexity index is 825. The average Bonchev–Trinajstić information content (AvgIpc) is 2.58. The highest BCUT2D eigenvalue weighted by molar-refractivity contribution is 7.92. The van der Waals surface area contributed by atoms with Gasteiger partial charge in [0.05, 0.1) is 17.0 Å². The van der Waals surface area contributed by atoms with Gasteiger partial charge < -0.3 is 5.32 Å². The summed E-state index contributed by atoms with van der Waals surface area (Å²) in [6.07, 6.45) is 1.05. The van der Waals surface area contributed by atoms with Gasteiger partial charge in [0.2, 0.25) is 15.9 Å². The van der Waals surface area contributed by atoms with Gasteiger partial charge >= 0.3 is 0 Å². The molecule has 0 aliphatic heterocycles. The van der Waals surface area contributed by atoms with E-state index >= 15 is 0 Å². The molecule has 0 spiro atoms. The zero-order valence-corrected chi connectivity index (χ0v) is 15.7. The fourth-order valence-electron chi connectivity index (χ4n) is 2.39. The minimum Gasteiger partial charge on any atom is -0.354 e. The summed E-state index contributed by atoms with van der Waals surface area (Å²) in [5.41, 5.74) is 1.40. The summed E-state index contributed by atoms with van der Waals surface area (Å²) in [7, 11) is -3.64. The number of para-hydroxylation sites is 1. The fourth-order valence-corrected chi connectivity index (χ4v) is 3.54. The predicted molar refractivity (Wildman–Crippen MR) is 102 cm³/mol. The third kappa shape index (κ3) is 5.47. The molecule has 0 bridgehead atoms. The molecule has 0 unspecified atom stereocenters. The zero-order chi connectivity index (χ0) is 18.4. The SMILES string of the molecule is C[C@@H](CNC(=O)CN(c1ccccc1Cl)S(C)(=O)=O)c1ccccc1. The van der Waals surface area contributed by atoms with E-state index in [0.29, 0.717) is 6.54 Å². The van der Waals surface area contributed by atoms with Crippen molar-refractivity contribution >= 4 is 33.2 Å². The maximum absolute atomic E-state index is 12.3. The molecule has 0 saturated carbocycles. The number of nitrogens with one attached hydrogen (secondary N) is 1. The largest absolute Gasteiger partial charge is 0.354 e. The highest BCUT2D eigenvalue weighted by Crippen LogP contribution is 2.26. The number of carbonyl (C=O) groups excluding carboxylic acids is 1. The Kier molecular flexibility index (Phi) is 6.45. The Hall–Kier alpha value is -2.05. The first-order valence-electron chi connectivity index (χ1n) is 7.83. The van der Waals surface area contributed by atoms with Crippen LogP contribution in [0.15, 0.2) is 54.6 Å². The lowest BCUT2D eigenvalue weighted by atomic mass is 10.0. The summed E-state index contributed by atoms with van der Waals surface area (Å²) in [5.74, 6) is -0.259. The highest BCUT2D eigenvalue weighted by atomic mass is 35.5. The van der Waals surface area contributed by atoms with E-state index in [2.05, 4.69) is 5.32 Å². The molecule has 5 nitrogen and oxygen atoms in total.